The zero-order valence-electron chi connectivity index (χ0n) is 19.5. The number of fused-ring (bicyclic) bond motifs is 4. The Bertz CT molecular complexity index is 1680. The Labute approximate surface area is 205 Å². The largest absolute Gasteiger partial charge is 0.497 e. The summed E-state index contributed by atoms with van der Waals surface area (Å²) in [5.41, 5.74) is 3.82. The highest BCUT2D eigenvalue weighted by Crippen LogP contribution is 2.42. The Hall–Kier alpha value is -4.72. The number of anilines is 2. The summed E-state index contributed by atoms with van der Waals surface area (Å²) in [7, 11) is 3.49. The number of hydrogen-bond donors (Lipinski definition) is 1. The van der Waals surface area contributed by atoms with Crippen molar-refractivity contribution in [1.29, 1.82) is 0 Å². The molecule has 6 rings (SSSR count). The third-order valence-corrected chi connectivity index (χ3v) is 6.65. The Balaban J connectivity index is 1.39. The van der Waals surface area contributed by atoms with Gasteiger partial charge in [0, 0.05) is 34.6 Å². The van der Waals surface area contributed by atoms with E-state index in [1.807, 2.05) is 35.9 Å². The van der Waals surface area contributed by atoms with Crippen LogP contribution in [0.15, 0.2) is 79.0 Å². The predicted molar refractivity (Wildman–Crippen MR) is 135 cm³/mol. The lowest BCUT2D eigenvalue weighted by Crippen LogP contribution is -2.36. The molecule has 0 fully saturated rings. The number of halogens is 1. The molecule has 3 aromatic carbocycles. The molecule has 178 valence electrons. The molecule has 0 aliphatic carbocycles. The second-order valence-corrected chi connectivity index (χ2v) is 8.64. The highest BCUT2D eigenvalue weighted by molar-refractivity contribution is 6.13. The average molecular weight is 480 g/mol. The monoisotopic (exact) mass is 480 g/mol. The number of carbonyl (C=O) groups excluding carboxylic acids is 2. The summed E-state index contributed by atoms with van der Waals surface area (Å²) in [5, 5.41) is 4.77. The molecule has 1 N–H and O–H groups in total. The molecular formula is C28H21FN4O3. The molecule has 36 heavy (non-hydrogen) atoms. The van der Waals surface area contributed by atoms with Crippen LogP contribution >= 0.6 is 0 Å². The number of aromatic nitrogens is 2. The molecule has 3 heterocycles. The molecular weight excluding hydrogens is 459 g/mol. The quantitative estimate of drug-likeness (QED) is 0.392. The van der Waals surface area contributed by atoms with E-state index in [1.165, 1.54) is 36.3 Å². The summed E-state index contributed by atoms with van der Waals surface area (Å²) in [6.45, 7) is 0. The molecule has 1 aliphatic heterocycles. The fraction of sp³-hybridized carbons (Fsp3) is 0.107. The van der Waals surface area contributed by atoms with E-state index in [0.717, 1.165) is 21.8 Å². The maximum atomic E-state index is 13.6. The van der Waals surface area contributed by atoms with Crippen LogP contribution in [0.25, 0.3) is 21.8 Å². The van der Waals surface area contributed by atoms with Crippen LogP contribution in [0.2, 0.25) is 0 Å². The van der Waals surface area contributed by atoms with Crippen molar-refractivity contribution in [3.8, 4) is 5.75 Å². The van der Waals surface area contributed by atoms with Gasteiger partial charge in [0.25, 0.3) is 11.8 Å². The van der Waals surface area contributed by atoms with Crippen LogP contribution in [0.3, 0.4) is 0 Å². The van der Waals surface area contributed by atoms with Crippen molar-refractivity contribution in [2.45, 2.75) is 6.04 Å². The SMILES string of the molecule is COc1ccc2c(c1)C(NC(=O)c1cc3c4ccccc4n(C)c3cn1)C(=O)N2c1ccc(F)cc1. The van der Waals surface area contributed by atoms with Crippen LogP contribution in [-0.2, 0) is 11.8 Å². The summed E-state index contributed by atoms with van der Waals surface area (Å²) in [6.07, 6.45) is 1.67. The van der Waals surface area contributed by atoms with E-state index in [9.17, 15) is 14.0 Å². The van der Waals surface area contributed by atoms with Crippen molar-refractivity contribution in [3.05, 3.63) is 96.1 Å². The van der Waals surface area contributed by atoms with Gasteiger partial charge in [0.05, 0.1) is 24.5 Å². The highest BCUT2D eigenvalue weighted by Gasteiger charge is 2.40. The van der Waals surface area contributed by atoms with Gasteiger partial charge < -0.3 is 14.6 Å². The van der Waals surface area contributed by atoms with E-state index in [-0.39, 0.29) is 11.6 Å². The zero-order chi connectivity index (χ0) is 25.0. The van der Waals surface area contributed by atoms with Gasteiger partial charge in [-0.05, 0) is 54.6 Å². The number of hydrogen-bond acceptors (Lipinski definition) is 4. The topological polar surface area (TPSA) is 76.5 Å². The molecule has 1 atom stereocenters. The molecule has 8 heteroatoms. The molecule has 2 aromatic heterocycles. The number of rotatable bonds is 4. The highest BCUT2D eigenvalue weighted by atomic mass is 19.1. The van der Waals surface area contributed by atoms with Crippen LogP contribution in [0.4, 0.5) is 15.8 Å². The van der Waals surface area contributed by atoms with Gasteiger partial charge in [-0.25, -0.2) is 9.37 Å². The summed E-state index contributed by atoms with van der Waals surface area (Å²) < 4.78 is 20.9. The van der Waals surface area contributed by atoms with Crippen molar-refractivity contribution in [1.82, 2.24) is 14.9 Å². The summed E-state index contributed by atoms with van der Waals surface area (Å²) >= 11 is 0. The second-order valence-electron chi connectivity index (χ2n) is 8.64. The standard InChI is InChI=1S/C28H21FN4O3/c1-32-23-6-4-3-5-19(23)20-14-22(30-15-25(20)32)27(34)31-26-21-13-18(36-2)11-12-24(21)33(28(26)35)17-9-7-16(29)8-10-17/h3-15,26H,1-2H3,(H,31,34). The first-order valence-electron chi connectivity index (χ1n) is 11.4. The van der Waals surface area contributed by atoms with Gasteiger partial charge in [0.15, 0.2) is 0 Å². The number of carbonyl (C=O) groups is 2. The molecule has 0 saturated heterocycles. The molecule has 1 unspecified atom stereocenters. The van der Waals surface area contributed by atoms with E-state index in [4.69, 9.17) is 4.74 Å². The minimum absolute atomic E-state index is 0.205. The average Bonchev–Trinajstić information content (AvgIpc) is 3.34. The van der Waals surface area contributed by atoms with Crippen LogP contribution in [0.1, 0.15) is 22.1 Å². The van der Waals surface area contributed by atoms with Crippen LogP contribution in [0, 0.1) is 5.82 Å². The summed E-state index contributed by atoms with van der Waals surface area (Å²) in [6, 6.07) is 19.6. The van der Waals surface area contributed by atoms with Gasteiger partial charge in [-0.3, -0.25) is 14.5 Å². The van der Waals surface area contributed by atoms with Crippen molar-refractivity contribution in [3.63, 3.8) is 0 Å². The van der Waals surface area contributed by atoms with E-state index in [2.05, 4.69) is 10.3 Å². The molecule has 1 aliphatic rings. The first kappa shape index (κ1) is 21.8. The van der Waals surface area contributed by atoms with Gasteiger partial charge >= 0.3 is 0 Å². The number of aryl methyl sites for hydroxylation is 1. The van der Waals surface area contributed by atoms with Gasteiger partial charge in [0.1, 0.15) is 23.3 Å². The number of benzene rings is 3. The first-order chi connectivity index (χ1) is 17.5. The number of nitrogens with one attached hydrogen (secondary N) is 1. The smallest absolute Gasteiger partial charge is 0.270 e. The first-order valence-corrected chi connectivity index (χ1v) is 11.4. The van der Waals surface area contributed by atoms with Crippen molar-refractivity contribution in [2.75, 3.05) is 12.0 Å². The van der Waals surface area contributed by atoms with Crippen molar-refractivity contribution < 1.29 is 18.7 Å². The molecule has 0 spiro atoms. The van der Waals surface area contributed by atoms with Gasteiger partial charge in [-0.1, -0.05) is 18.2 Å². The van der Waals surface area contributed by atoms with Gasteiger partial charge in [-0.15, -0.1) is 0 Å². The Morgan fingerprint density at radius 2 is 1.78 bits per heavy atom. The van der Waals surface area contributed by atoms with Gasteiger partial charge in [-0.2, -0.15) is 0 Å². The summed E-state index contributed by atoms with van der Waals surface area (Å²) in [5.74, 6) is -0.681. The fourth-order valence-electron chi connectivity index (χ4n) is 4.86. The molecule has 7 nitrogen and oxygen atoms in total. The number of pyridine rings is 1. The lowest BCUT2D eigenvalue weighted by atomic mass is 10.1. The Morgan fingerprint density at radius 1 is 1.00 bits per heavy atom. The number of methoxy groups -OCH3 is 1. The summed E-state index contributed by atoms with van der Waals surface area (Å²) in [4.78, 5) is 32.8. The van der Waals surface area contributed by atoms with Crippen LogP contribution in [-0.4, -0.2) is 28.5 Å². The lowest BCUT2D eigenvalue weighted by molar-refractivity contribution is -0.119. The van der Waals surface area contributed by atoms with E-state index >= 15 is 0 Å². The third kappa shape index (κ3) is 3.30. The minimum atomic E-state index is -0.960. The molecule has 0 radical (unpaired) electrons. The maximum Gasteiger partial charge on any atom is 0.270 e. The molecule has 2 amide bonds. The normalized spacial score (nSPS) is 14.9. The van der Waals surface area contributed by atoms with Crippen molar-refractivity contribution in [2.24, 2.45) is 7.05 Å². The fourth-order valence-corrected chi connectivity index (χ4v) is 4.86. The molecule has 0 saturated carbocycles. The number of para-hydroxylation sites is 1. The Kier molecular flexibility index (Phi) is 4.96. The second kappa shape index (κ2) is 8.20. The minimum Gasteiger partial charge on any atom is -0.497 e. The zero-order valence-corrected chi connectivity index (χ0v) is 19.5. The number of amides is 2. The number of ether oxygens (including phenoxy) is 1. The molecule has 0 bridgehead atoms. The van der Waals surface area contributed by atoms with Crippen LogP contribution in [0.5, 0.6) is 5.75 Å². The Morgan fingerprint density at radius 3 is 2.56 bits per heavy atom. The van der Waals surface area contributed by atoms with E-state index in [1.54, 1.807) is 30.5 Å². The lowest BCUT2D eigenvalue weighted by Gasteiger charge is -2.18. The van der Waals surface area contributed by atoms with Gasteiger partial charge in [0.2, 0.25) is 0 Å². The third-order valence-electron chi connectivity index (χ3n) is 6.65. The molecule has 5 aromatic rings. The predicted octanol–water partition coefficient (Wildman–Crippen LogP) is 5.02. The van der Waals surface area contributed by atoms with E-state index < -0.39 is 17.8 Å². The maximum absolute atomic E-state index is 13.6. The van der Waals surface area contributed by atoms with Crippen molar-refractivity contribution >= 4 is 45.0 Å². The van der Waals surface area contributed by atoms with E-state index in [0.29, 0.717) is 22.7 Å². The van der Waals surface area contributed by atoms with Crippen LogP contribution < -0.4 is 15.0 Å². The number of nitrogens with zero attached hydrogens (tertiary/aromatic N) is 3.